The summed E-state index contributed by atoms with van der Waals surface area (Å²) in [4.78, 5) is 27.1. The molecule has 172 valence electrons. The Morgan fingerprint density at radius 1 is 1.31 bits per heavy atom. The summed E-state index contributed by atoms with van der Waals surface area (Å²) >= 11 is 2.70. The standard InChI is InChI=1S/C23H31N5O2S2/c1-16-13-19(30-12-11-28-9-7-27(4)8-10-28)5-6-21(16)26-18(3)31-22(17(2)29)14-20-15-25-23(24)32-20/h5-6,13-15H,7-12H2,1-4H3,(H2,24,25)/b22-14-,26-18?. The van der Waals surface area contributed by atoms with Crippen molar-refractivity contribution >= 4 is 50.8 Å². The third-order valence-electron chi connectivity index (χ3n) is 5.14. The molecule has 0 aliphatic carbocycles. The van der Waals surface area contributed by atoms with E-state index in [9.17, 15) is 4.79 Å². The van der Waals surface area contributed by atoms with Crippen LogP contribution in [0.5, 0.6) is 5.75 Å². The van der Waals surface area contributed by atoms with Crippen LogP contribution in [0.25, 0.3) is 6.08 Å². The van der Waals surface area contributed by atoms with Gasteiger partial charge in [0.25, 0.3) is 0 Å². The van der Waals surface area contributed by atoms with Gasteiger partial charge in [-0.2, -0.15) is 0 Å². The molecule has 7 nitrogen and oxygen atoms in total. The van der Waals surface area contributed by atoms with E-state index in [-0.39, 0.29) is 5.78 Å². The number of nitrogens with zero attached hydrogens (tertiary/aromatic N) is 4. The third kappa shape index (κ3) is 7.44. The maximum atomic E-state index is 12.1. The van der Waals surface area contributed by atoms with Crippen molar-refractivity contribution in [3.63, 3.8) is 0 Å². The van der Waals surface area contributed by atoms with Crippen molar-refractivity contribution in [2.75, 3.05) is 52.1 Å². The summed E-state index contributed by atoms with van der Waals surface area (Å²) < 4.78 is 5.96. The third-order valence-corrected chi connectivity index (χ3v) is 6.92. The number of Topliss-reactive ketones (excluding diaryl/α,β-unsaturated/α-hetero) is 1. The van der Waals surface area contributed by atoms with Crippen LogP contribution in [0.4, 0.5) is 10.8 Å². The molecule has 0 unspecified atom stereocenters. The van der Waals surface area contributed by atoms with E-state index in [1.54, 1.807) is 13.1 Å². The van der Waals surface area contributed by atoms with E-state index < -0.39 is 0 Å². The lowest BCUT2D eigenvalue weighted by Gasteiger charge is -2.32. The Bertz CT molecular complexity index is 994. The molecule has 0 amide bonds. The van der Waals surface area contributed by atoms with Crippen molar-refractivity contribution in [2.45, 2.75) is 20.8 Å². The molecule has 2 aromatic rings. The smallest absolute Gasteiger partial charge is 0.180 e. The van der Waals surface area contributed by atoms with Gasteiger partial charge in [-0.3, -0.25) is 9.69 Å². The van der Waals surface area contributed by atoms with E-state index in [2.05, 4.69) is 21.8 Å². The second-order valence-corrected chi connectivity index (χ2v) is 10.2. The van der Waals surface area contributed by atoms with E-state index in [0.717, 1.165) is 59.6 Å². The van der Waals surface area contributed by atoms with E-state index in [0.29, 0.717) is 16.6 Å². The number of anilines is 1. The van der Waals surface area contributed by atoms with Crippen LogP contribution in [-0.2, 0) is 4.79 Å². The number of likely N-dealkylation sites (N-methyl/N-ethyl adjacent to an activating group) is 1. The molecular formula is C23H31N5O2S2. The average molecular weight is 474 g/mol. The van der Waals surface area contributed by atoms with Crippen LogP contribution in [0.1, 0.15) is 24.3 Å². The first kappa shape index (κ1) is 24.4. The van der Waals surface area contributed by atoms with Gasteiger partial charge in [0.1, 0.15) is 12.4 Å². The van der Waals surface area contributed by atoms with E-state index in [4.69, 9.17) is 15.5 Å². The summed E-state index contributed by atoms with van der Waals surface area (Å²) in [5, 5.41) is 1.27. The number of piperazine rings is 1. The predicted octanol–water partition coefficient (Wildman–Crippen LogP) is 4.07. The molecule has 0 spiro atoms. The highest BCUT2D eigenvalue weighted by atomic mass is 32.2. The topological polar surface area (TPSA) is 84.0 Å². The first-order valence-electron chi connectivity index (χ1n) is 10.6. The molecule has 2 N–H and O–H groups in total. The minimum Gasteiger partial charge on any atom is -0.492 e. The zero-order valence-corrected chi connectivity index (χ0v) is 20.8. The molecular weight excluding hydrogens is 442 g/mol. The van der Waals surface area contributed by atoms with E-state index in [1.165, 1.54) is 23.1 Å². The summed E-state index contributed by atoms with van der Waals surface area (Å²) in [6, 6.07) is 5.93. The van der Waals surface area contributed by atoms with Crippen molar-refractivity contribution in [2.24, 2.45) is 4.99 Å². The summed E-state index contributed by atoms with van der Waals surface area (Å²) in [5.74, 6) is 0.838. The number of rotatable bonds is 8. The molecule has 0 saturated carbocycles. The highest BCUT2D eigenvalue weighted by Gasteiger charge is 2.13. The van der Waals surface area contributed by atoms with Crippen molar-refractivity contribution in [3.8, 4) is 5.75 Å². The van der Waals surface area contributed by atoms with Gasteiger partial charge in [0.05, 0.1) is 20.5 Å². The highest BCUT2D eigenvalue weighted by molar-refractivity contribution is 8.18. The fourth-order valence-corrected chi connectivity index (χ4v) is 4.75. The van der Waals surface area contributed by atoms with Gasteiger partial charge in [0.2, 0.25) is 0 Å². The molecule has 1 aromatic carbocycles. The second kappa shape index (κ2) is 11.6. The van der Waals surface area contributed by atoms with Gasteiger partial charge in [-0.1, -0.05) is 23.1 Å². The Morgan fingerprint density at radius 3 is 2.69 bits per heavy atom. The maximum Gasteiger partial charge on any atom is 0.180 e. The van der Waals surface area contributed by atoms with Crippen LogP contribution in [0, 0.1) is 6.92 Å². The number of aromatic nitrogens is 1. The molecule has 1 aliphatic rings. The quantitative estimate of drug-likeness (QED) is 0.351. The summed E-state index contributed by atoms with van der Waals surface area (Å²) in [5.41, 5.74) is 7.58. The molecule has 1 fully saturated rings. The average Bonchev–Trinajstić information content (AvgIpc) is 3.15. The first-order chi connectivity index (χ1) is 15.3. The Kier molecular flexibility index (Phi) is 8.86. The fourth-order valence-electron chi connectivity index (χ4n) is 3.26. The van der Waals surface area contributed by atoms with Gasteiger partial charge < -0.3 is 15.4 Å². The van der Waals surface area contributed by atoms with Crippen molar-refractivity contribution < 1.29 is 9.53 Å². The number of aryl methyl sites for hydroxylation is 1. The van der Waals surface area contributed by atoms with Gasteiger partial charge in [-0.15, -0.1) is 0 Å². The van der Waals surface area contributed by atoms with Gasteiger partial charge in [0, 0.05) is 38.9 Å². The number of carbonyl (C=O) groups excluding carboxylic acids is 1. The summed E-state index contributed by atoms with van der Waals surface area (Å²) in [7, 11) is 2.16. The van der Waals surface area contributed by atoms with Gasteiger partial charge in [-0.05, 0) is 57.7 Å². The maximum absolute atomic E-state index is 12.1. The van der Waals surface area contributed by atoms with Crippen molar-refractivity contribution in [1.82, 2.24) is 14.8 Å². The normalized spacial score (nSPS) is 16.4. The van der Waals surface area contributed by atoms with Crippen molar-refractivity contribution in [3.05, 3.63) is 39.7 Å². The lowest BCUT2D eigenvalue weighted by atomic mass is 10.2. The number of hydrogen-bond donors (Lipinski definition) is 1. The number of ether oxygens (including phenoxy) is 1. The highest BCUT2D eigenvalue weighted by Crippen LogP contribution is 2.29. The number of aliphatic imine (C=N–C) groups is 1. The zero-order valence-electron chi connectivity index (χ0n) is 19.1. The molecule has 32 heavy (non-hydrogen) atoms. The number of carbonyl (C=O) groups is 1. The van der Waals surface area contributed by atoms with Crippen LogP contribution >= 0.6 is 23.1 Å². The second-order valence-electron chi connectivity index (χ2n) is 7.84. The molecule has 1 aromatic heterocycles. The van der Waals surface area contributed by atoms with Crippen LogP contribution in [0.15, 0.2) is 34.3 Å². The van der Waals surface area contributed by atoms with Crippen LogP contribution in [0.3, 0.4) is 0 Å². The number of nitrogen functional groups attached to an aromatic ring is 1. The van der Waals surface area contributed by atoms with Crippen LogP contribution < -0.4 is 10.5 Å². The number of benzene rings is 1. The number of allylic oxidation sites excluding steroid dienone is 1. The van der Waals surface area contributed by atoms with Crippen molar-refractivity contribution in [1.29, 1.82) is 0 Å². The number of nitrogens with two attached hydrogens (primary N) is 1. The molecule has 1 aliphatic heterocycles. The molecule has 0 bridgehead atoms. The molecule has 0 atom stereocenters. The molecule has 3 rings (SSSR count). The molecule has 1 saturated heterocycles. The molecule has 0 radical (unpaired) electrons. The Balaban J connectivity index is 1.58. The Morgan fingerprint density at radius 2 is 2.06 bits per heavy atom. The number of hydrogen-bond acceptors (Lipinski definition) is 9. The van der Waals surface area contributed by atoms with E-state index in [1.807, 2.05) is 38.1 Å². The SMILES string of the molecule is CC(=O)/C(=C/c1cnc(N)s1)SC(C)=Nc1ccc(OCCN2CCN(C)CC2)cc1C. The van der Waals surface area contributed by atoms with Gasteiger partial charge >= 0.3 is 0 Å². The van der Waals surface area contributed by atoms with Crippen LogP contribution in [0.2, 0.25) is 0 Å². The van der Waals surface area contributed by atoms with Gasteiger partial charge in [0.15, 0.2) is 10.9 Å². The largest absolute Gasteiger partial charge is 0.492 e. The number of thiazole rings is 1. The first-order valence-corrected chi connectivity index (χ1v) is 12.2. The number of thioether (sulfide) groups is 1. The minimum absolute atomic E-state index is 0.0164. The lowest BCUT2D eigenvalue weighted by molar-refractivity contribution is -0.112. The Labute approximate surface area is 198 Å². The molecule has 9 heteroatoms. The Hall–Kier alpha value is -2.20. The predicted molar refractivity (Wildman–Crippen MR) is 136 cm³/mol. The van der Waals surface area contributed by atoms with Crippen LogP contribution in [-0.4, -0.2) is 72.0 Å². The zero-order chi connectivity index (χ0) is 23.1. The fraction of sp³-hybridized carbons (Fsp3) is 0.435. The molecule has 2 heterocycles. The lowest BCUT2D eigenvalue weighted by Crippen LogP contribution is -2.45. The monoisotopic (exact) mass is 473 g/mol. The summed E-state index contributed by atoms with van der Waals surface area (Å²) in [6.45, 7) is 11.5. The minimum atomic E-state index is -0.0164. The van der Waals surface area contributed by atoms with E-state index >= 15 is 0 Å². The summed E-state index contributed by atoms with van der Waals surface area (Å²) in [6.07, 6.45) is 3.48. The van der Waals surface area contributed by atoms with Gasteiger partial charge in [-0.25, -0.2) is 9.98 Å². The number of ketones is 1.